The van der Waals surface area contributed by atoms with E-state index in [0.29, 0.717) is 12.2 Å². The third kappa shape index (κ3) is 4.45. The lowest BCUT2D eigenvalue weighted by Gasteiger charge is -2.27. The molecule has 0 atom stereocenters. The lowest BCUT2D eigenvalue weighted by molar-refractivity contribution is -0.116. The van der Waals surface area contributed by atoms with Crippen LogP contribution in [0.15, 0.2) is 11.6 Å². The third-order valence-electron chi connectivity index (χ3n) is 2.96. The van der Waals surface area contributed by atoms with Gasteiger partial charge in [0.25, 0.3) is 0 Å². The van der Waals surface area contributed by atoms with E-state index in [2.05, 4.69) is 11.8 Å². The van der Waals surface area contributed by atoms with Crippen molar-refractivity contribution >= 4 is 5.78 Å². The summed E-state index contributed by atoms with van der Waals surface area (Å²) < 4.78 is 5.29. The van der Waals surface area contributed by atoms with Gasteiger partial charge in [-0.15, -0.1) is 0 Å². The molecule has 0 aromatic rings. The minimum Gasteiger partial charge on any atom is -0.379 e. The topological polar surface area (TPSA) is 29.5 Å². The van der Waals surface area contributed by atoms with Crippen molar-refractivity contribution in [2.24, 2.45) is 0 Å². The number of ketones is 1. The minimum absolute atomic E-state index is 0.316. The van der Waals surface area contributed by atoms with E-state index in [0.717, 1.165) is 51.3 Å². The van der Waals surface area contributed by atoms with Crippen molar-refractivity contribution in [1.82, 2.24) is 4.90 Å². The van der Waals surface area contributed by atoms with Gasteiger partial charge in [0.05, 0.1) is 13.2 Å². The zero-order valence-corrected chi connectivity index (χ0v) is 10.5. The van der Waals surface area contributed by atoms with Crippen LogP contribution < -0.4 is 0 Å². The third-order valence-corrected chi connectivity index (χ3v) is 2.96. The van der Waals surface area contributed by atoms with Crippen molar-refractivity contribution in [3.63, 3.8) is 0 Å². The highest BCUT2D eigenvalue weighted by Gasteiger charge is 2.15. The number of unbranched alkanes of at least 4 members (excludes halogenated alkanes) is 1. The number of allylic oxidation sites excluding steroid dienone is 1. The van der Waals surface area contributed by atoms with Crippen LogP contribution in [0.5, 0.6) is 0 Å². The molecule has 0 spiro atoms. The second-order valence-electron chi connectivity index (χ2n) is 4.23. The summed E-state index contributed by atoms with van der Waals surface area (Å²) in [6.45, 7) is 8.34. The molecule has 3 nitrogen and oxygen atoms in total. The van der Waals surface area contributed by atoms with Crippen LogP contribution >= 0.6 is 0 Å². The number of carbonyl (C=O) groups excluding carboxylic acids is 1. The van der Waals surface area contributed by atoms with Gasteiger partial charge in [0.15, 0.2) is 5.78 Å². The van der Waals surface area contributed by atoms with E-state index < -0.39 is 0 Å². The van der Waals surface area contributed by atoms with E-state index >= 15 is 0 Å². The lowest BCUT2D eigenvalue weighted by atomic mass is 10.1. The second kappa shape index (κ2) is 7.58. The van der Waals surface area contributed by atoms with Crippen molar-refractivity contribution in [2.75, 3.05) is 32.8 Å². The Balaban J connectivity index is 2.38. The standard InChI is InChI=1S/C13H23NO2/c1-3-5-6-13(15)12(4-2)11-14-7-9-16-10-8-14/h4H,3,5-11H2,1-2H3/b12-4-. The van der Waals surface area contributed by atoms with Crippen molar-refractivity contribution < 1.29 is 9.53 Å². The maximum absolute atomic E-state index is 11.9. The molecular weight excluding hydrogens is 202 g/mol. The van der Waals surface area contributed by atoms with Crippen LogP contribution in [0.1, 0.15) is 33.1 Å². The largest absolute Gasteiger partial charge is 0.379 e. The Morgan fingerprint density at radius 2 is 2.06 bits per heavy atom. The van der Waals surface area contributed by atoms with Gasteiger partial charge in [0.2, 0.25) is 0 Å². The zero-order valence-electron chi connectivity index (χ0n) is 10.5. The molecule has 1 heterocycles. The van der Waals surface area contributed by atoms with E-state index in [1.165, 1.54) is 0 Å². The van der Waals surface area contributed by atoms with Gasteiger partial charge < -0.3 is 4.74 Å². The van der Waals surface area contributed by atoms with Crippen LogP contribution in [0.3, 0.4) is 0 Å². The van der Waals surface area contributed by atoms with Gasteiger partial charge in [0.1, 0.15) is 0 Å². The fourth-order valence-corrected chi connectivity index (χ4v) is 1.84. The summed E-state index contributed by atoms with van der Waals surface area (Å²) in [7, 11) is 0. The van der Waals surface area contributed by atoms with E-state index in [-0.39, 0.29) is 0 Å². The van der Waals surface area contributed by atoms with Crippen LogP contribution in [0, 0.1) is 0 Å². The first-order valence-corrected chi connectivity index (χ1v) is 6.26. The summed E-state index contributed by atoms with van der Waals surface area (Å²) in [4.78, 5) is 14.2. The summed E-state index contributed by atoms with van der Waals surface area (Å²) in [6, 6.07) is 0. The molecule has 0 N–H and O–H groups in total. The Bertz CT molecular complexity index is 242. The van der Waals surface area contributed by atoms with E-state index in [4.69, 9.17) is 4.74 Å². The first-order chi connectivity index (χ1) is 7.77. The highest BCUT2D eigenvalue weighted by molar-refractivity contribution is 5.95. The molecule has 1 saturated heterocycles. The predicted molar refractivity (Wildman–Crippen MR) is 65.5 cm³/mol. The maximum Gasteiger partial charge on any atom is 0.159 e. The van der Waals surface area contributed by atoms with Crippen molar-refractivity contribution in [2.45, 2.75) is 33.1 Å². The fourth-order valence-electron chi connectivity index (χ4n) is 1.84. The second-order valence-corrected chi connectivity index (χ2v) is 4.23. The Morgan fingerprint density at radius 3 is 2.62 bits per heavy atom. The summed E-state index contributed by atoms with van der Waals surface area (Å²) in [5, 5.41) is 0. The molecule has 1 rings (SSSR count). The van der Waals surface area contributed by atoms with Crippen molar-refractivity contribution in [3.05, 3.63) is 11.6 Å². The molecule has 16 heavy (non-hydrogen) atoms. The van der Waals surface area contributed by atoms with Crippen LogP contribution in [-0.2, 0) is 9.53 Å². The normalized spacial score (nSPS) is 18.8. The Kier molecular flexibility index (Phi) is 6.34. The van der Waals surface area contributed by atoms with Crippen LogP contribution in [0.4, 0.5) is 0 Å². The van der Waals surface area contributed by atoms with E-state index in [1.807, 2.05) is 13.0 Å². The van der Waals surface area contributed by atoms with Gasteiger partial charge in [-0.25, -0.2) is 0 Å². The fraction of sp³-hybridized carbons (Fsp3) is 0.769. The molecule has 1 aliphatic heterocycles. The molecule has 0 aromatic carbocycles. The SMILES string of the molecule is C/C=C(/CN1CCOCC1)C(=O)CCCC. The number of morpholine rings is 1. The first-order valence-electron chi connectivity index (χ1n) is 6.26. The van der Waals surface area contributed by atoms with Gasteiger partial charge in [-0.3, -0.25) is 9.69 Å². The molecule has 0 unspecified atom stereocenters. The van der Waals surface area contributed by atoms with Crippen molar-refractivity contribution in [3.8, 4) is 0 Å². The smallest absolute Gasteiger partial charge is 0.159 e. The summed E-state index contributed by atoms with van der Waals surface area (Å²) in [5.74, 6) is 0.316. The minimum atomic E-state index is 0.316. The molecule has 0 radical (unpaired) electrons. The van der Waals surface area contributed by atoms with E-state index in [9.17, 15) is 4.79 Å². The summed E-state index contributed by atoms with van der Waals surface area (Å²) >= 11 is 0. The van der Waals surface area contributed by atoms with Crippen LogP contribution in [0.25, 0.3) is 0 Å². The average molecular weight is 225 g/mol. The van der Waals surface area contributed by atoms with Gasteiger partial charge >= 0.3 is 0 Å². The maximum atomic E-state index is 11.9. The van der Waals surface area contributed by atoms with E-state index in [1.54, 1.807) is 0 Å². The first kappa shape index (κ1) is 13.4. The molecule has 0 aliphatic carbocycles. The highest BCUT2D eigenvalue weighted by Crippen LogP contribution is 2.08. The molecule has 0 bridgehead atoms. The Morgan fingerprint density at radius 1 is 1.38 bits per heavy atom. The predicted octanol–water partition coefficient (Wildman–Crippen LogP) is 2.02. The van der Waals surface area contributed by atoms with Crippen LogP contribution in [0.2, 0.25) is 0 Å². The molecule has 0 aromatic heterocycles. The number of nitrogens with zero attached hydrogens (tertiary/aromatic N) is 1. The Labute approximate surface area is 98.5 Å². The van der Waals surface area contributed by atoms with Gasteiger partial charge in [0, 0.05) is 31.6 Å². The lowest BCUT2D eigenvalue weighted by Crippen LogP contribution is -2.38. The molecule has 92 valence electrons. The molecule has 3 heteroatoms. The molecular formula is C13H23NO2. The molecule has 0 saturated carbocycles. The molecule has 0 amide bonds. The van der Waals surface area contributed by atoms with Crippen LogP contribution in [-0.4, -0.2) is 43.5 Å². The monoisotopic (exact) mass is 225 g/mol. The van der Waals surface area contributed by atoms with Crippen molar-refractivity contribution in [1.29, 1.82) is 0 Å². The number of rotatable bonds is 6. The highest BCUT2D eigenvalue weighted by atomic mass is 16.5. The number of carbonyl (C=O) groups is 1. The summed E-state index contributed by atoms with van der Waals surface area (Å²) in [5.41, 5.74) is 0.968. The number of hydrogen-bond donors (Lipinski definition) is 0. The number of hydrogen-bond acceptors (Lipinski definition) is 3. The van der Waals surface area contributed by atoms with Gasteiger partial charge in [-0.05, 0) is 13.3 Å². The average Bonchev–Trinajstić information content (AvgIpc) is 2.34. The Hall–Kier alpha value is -0.670. The number of ether oxygens (including phenoxy) is 1. The van der Waals surface area contributed by atoms with Gasteiger partial charge in [-0.2, -0.15) is 0 Å². The molecule has 1 fully saturated rings. The molecule has 1 aliphatic rings. The number of Topliss-reactive ketones (excluding diaryl/α,β-unsaturated/α-hetero) is 1. The van der Waals surface area contributed by atoms with Gasteiger partial charge in [-0.1, -0.05) is 19.4 Å². The zero-order chi connectivity index (χ0) is 11.8. The quantitative estimate of drug-likeness (QED) is 0.648. The summed E-state index contributed by atoms with van der Waals surface area (Å²) in [6.07, 6.45) is 4.74.